The zero-order chi connectivity index (χ0) is 14.5. The van der Waals surface area contributed by atoms with E-state index in [0.717, 1.165) is 18.3 Å². The topological polar surface area (TPSA) is 58.3 Å². The van der Waals surface area contributed by atoms with Crippen molar-refractivity contribution in [3.63, 3.8) is 0 Å². The van der Waals surface area contributed by atoms with Gasteiger partial charge in [0.2, 0.25) is 0 Å². The van der Waals surface area contributed by atoms with Gasteiger partial charge in [-0.15, -0.1) is 0 Å². The molecule has 3 nitrogen and oxygen atoms in total. The third kappa shape index (κ3) is 5.80. The van der Waals surface area contributed by atoms with Gasteiger partial charge in [-0.2, -0.15) is 0 Å². The van der Waals surface area contributed by atoms with E-state index < -0.39 is 0 Å². The summed E-state index contributed by atoms with van der Waals surface area (Å²) < 4.78 is 0. The molecule has 1 aliphatic rings. The van der Waals surface area contributed by atoms with Crippen molar-refractivity contribution in [1.82, 2.24) is 5.32 Å². The van der Waals surface area contributed by atoms with Crippen LogP contribution >= 0.6 is 0 Å². The molecule has 1 fully saturated rings. The number of nitrogens with two attached hydrogens (primary N) is 1. The third-order valence-corrected chi connectivity index (χ3v) is 4.39. The van der Waals surface area contributed by atoms with E-state index in [0.29, 0.717) is 12.6 Å². The lowest BCUT2D eigenvalue weighted by molar-refractivity contribution is 0.127. The molecule has 114 valence electrons. The molecule has 0 amide bonds. The van der Waals surface area contributed by atoms with E-state index >= 15 is 0 Å². The second kappa shape index (κ2) is 7.61. The van der Waals surface area contributed by atoms with Crippen LogP contribution in [0.4, 0.5) is 0 Å². The van der Waals surface area contributed by atoms with Gasteiger partial charge >= 0.3 is 0 Å². The zero-order valence-corrected chi connectivity index (χ0v) is 13.3. The summed E-state index contributed by atoms with van der Waals surface area (Å²) in [4.78, 5) is 0. The minimum atomic E-state index is -0.243. The van der Waals surface area contributed by atoms with Crippen LogP contribution in [0.3, 0.4) is 0 Å². The number of aliphatic hydroxyl groups excluding tert-OH is 1. The molecule has 1 saturated carbocycles. The summed E-state index contributed by atoms with van der Waals surface area (Å²) >= 11 is 0. The fraction of sp³-hybridized carbons (Fsp3) is 1.00. The van der Waals surface area contributed by atoms with E-state index in [1.165, 1.54) is 32.1 Å². The monoisotopic (exact) mass is 270 g/mol. The van der Waals surface area contributed by atoms with Crippen molar-refractivity contribution < 1.29 is 5.11 Å². The fourth-order valence-corrected chi connectivity index (χ4v) is 3.82. The van der Waals surface area contributed by atoms with E-state index in [4.69, 9.17) is 5.73 Å². The van der Waals surface area contributed by atoms with Crippen LogP contribution < -0.4 is 11.1 Å². The van der Waals surface area contributed by atoms with Crippen LogP contribution in [-0.2, 0) is 0 Å². The maximum atomic E-state index is 9.51. The van der Waals surface area contributed by atoms with Crippen molar-refractivity contribution in [2.75, 3.05) is 6.54 Å². The Hall–Kier alpha value is -0.120. The summed E-state index contributed by atoms with van der Waals surface area (Å²) in [7, 11) is 0. The summed E-state index contributed by atoms with van der Waals surface area (Å²) in [6.07, 6.45) is 6.89. The van der Waals surface area contributed by atoms with Gasteiger partial charge in [-0.3, -0.25) is 0 Å². The molecule has 4 unspecified atom stereocenters. The zero-order valence-electron chi connectivity index (χ0n) is 13.3. The van der Waals surface area contributed by atoms with Gasteiger partial charge < -0.3 is 16.2 Å². The van der Waals surface area contributed by atoms with Gasteiger partial charge in [0.25, 0.3) is 0 Å². The maximum Gasteiger partial charge on any atom is 0.0526 e. The molecule has 0 spiro atoms. The van der Waals surface area contributed by atoms with Gasteiger partial charge in [-0.05, 0) is 51.4 Å². The lowest BCUT2D eigenvalue weighted by atomic mass is 9.72. The lowest BCUT2D eigenvalue weighted by Crippen LogP contribution is -2.57. The van der Waals surface area contributed by atoms with Gasteiger partial charge in [0.05, 0.1) is 6.10 Å². The molecule has 0 radical (unpaired) electrons. The largest absolute Gasteiger partial charge is 0.393 e. The maximum absolute atomic E-state index is 9.51. The molecule has 1 aliphatic carbocycles. The molecule has 1 rings (SSSR count). The van der Waals surface area contributed by atoms with E-state index in [1.54, 1.807) is 0 Å². The van der Waals surface area contributed by atoms with Crippen LogP contribution in [0, 0.1) is 11.8 Å². The minimum absolute atomic E-state index is 0.103. The molecule has 0 saturated heterocycles. The number of hydrogen-bond acceptors (Lipinski definition) is 3. The first-order valence-electron chi connectivity index (χ1n) is 8.02. The Morgan fingerprint density at radius 3 is 2.53 bits per heavy atom. The average molecular weight is 270 g/mol. The highest BCUT2D eigenvalue weighted by atomic mass is 16.3. The van der Waals surface area contributed by atoms with Gasteiger partial charge in [0.15, 0.2) is 0 Å². The van der Waals surface area contributed by atoms with Gasteiger partial charge in [-0.25, -0.2) is 0 Å². The van der Waals surface area contributed by atoms with Crippen molar-refractivity contribution in [2.24, 2.45) is 17.6 Å². The van der Waals surface area contributed by atoms with Crippen LogP contribution in [0.5, 0.6) is 0 Å². The Morgan fingerprint density at radius 2 is 2.00 bits per heavy atom. The van der Waals surface area contributed by atoms with Crippen molar-refractivity contribution in [1.29, 1.82) is 0 Å². The van der Waals surface area contributed by atoms with Crippen LogP contribution in [-0.4, -0.2) is 29.3 Å². The Morgan fingerprint density at radius 1 is 1.32 bits per heavy atom. The van der Waals surface area contributed by atoms with Gasteiger partial charge in [-0.1, -0.05) is 26.7 Å². The van der Waals surface area contributed by atoms with E-state index in [2.05, 4.69) is 26.1 Å². The third-order valence-electron chi connectivity index (χ3n) is 4.39. The summed E-state index contributed by atoms with van der Waals surface area (Å²) in [5, 5.41) is 13.2. The fourth-order valence-electron chi connectivity index (χ4n) is 3.82. The molecule has 0 aromatic rings. The molecule has 19 heavy (non-hydrogen) atoms. The molecular formula is C16H34N2O. The molecule has 0 aliphatic heterocycles. The van der Waals surface area contributed by atoms with E-state index in [9.17, 15) is 5.11 Å². The molecule has 4 atom stereocenters. The van der Waals surface area contributed by atoms with Gasteiger partial charge in [0, 0.05) is 18.1 Å². The lowest BCUT2D eigenvalue weighted by Gasteiger charge is -2.43. The normalized spacial score (nSPS) is 31.4. The number of aliphatic hydroxyl groups is 1. The quantitative estimate of drug-likeness (QED) is 0.666. The van der Waals surface area contributed by atoms with Crippen molar-refractivity contribution in [2.45, 2.75) is 83.9 Å². The van der Waals surface area contributed by atoms with Crippen LogP contribution in [0.15, 0.2) is 0 Å². The van der Waals surface area contributed by atoms with E-state index in [-0.39, 0.29) is 11.6 Å². The second-order valence-corrected chi connectivity index (χ2v) is 7.21. The highest BCUT2D eigenvalue weighted by Crippen LogP contribution is 2.35. The average Bonchev–Trinajstić information content (AvgIpc) is 2.27. The van der Waals surface area contributed by atoms with Crippen molar-refractivity contribution >= 4 is 0 Å². The van der Waals surface area contributed by atoms with Crippen molar-refractivity contribution in [3.8, 4) is 0 Å². The number of hydrogen-bond donors (Lipinski definition) is 3. The molecular weight excluding hydrogens is 236 g/mol. The standard InChI is InChI=1S/C16H34N2O/c1-12(2)8-15-6-5-7-16(10-15,11-17)18-13(3)9-14(4)19/h12-15,18-19H,5-11,17H2,1-4H3. The Balaban J connectivity index is 2.57. The summed E-state index contributed by atoms with van der Waals surface area (Å²) in [6.45, 7) is 9.35. The smallest absolute Gasteiger partial charge is 0.0526 e. The Kier molecular flexibility index (Phi) is 6.78. The molecule has 3 heteroatoms. The van der Waals surface area contributed by atoms with Crippen molar-refractivity contribution in [3.05, 3.63) is 0 Å². The van der Waals surface area contributed by atoms with Crippen LogP contribution in [0.2, 0.25) is 0 Å². The second-order valence-electron chi connectivity index (χ2n) is 7.21. The first-order valence-corrected chi connectivity index (χ1v) is 8.02. The summed E-state index contributed by atoms with van der Waals surface area (Å²) in [5.74, 6) is 1.58. The molecule has 0 aromatic carbocycles. The predicted octanol–water partition coefficient (Wildman–Crippen LogP) is 2.67. The highest BCUT2D eigenvalue weighted by Gasteiger charge is 2.36. The highest BCUT2D eigenvalue weighted by molar-refractivity contribution is 4.96. The minimum Gasteiger partial charge on any atom is -0.393 e. The summed E-state index contributed by atoms with van der Waals surface area (Å²) in [5.41, 5.74) is 6.19. The van der Waals surface area contributed by atoms with E-state index in [1.807, 2.05) is 6.92 Å². The molecule has 0 aromatic heterocycles. The summed E-state index contributed by atoms with van der Waals surface area (Å²) in [6, 6.07) is 0.335. The van der Waals surface area contributed by atoms with Gasteiger partial charge in [0.1, 0.15) is 0 Å². The number of nitrogens with one attached hydrogen (secondary N) is 1. The SMILES string of the molecule is CC(C)CC1CCCC(CN)(NC(C)CC(C)O)C1. The molecule has 0 heterocycles. The Labute approximate surface area is 119 Å². The first-order chi connectivity index (χ1) is 8.87. The van der Waals surface area contributed by atoms with Crippen LogP contribution in [0.1, 0.15) is 66.2 Å². The molecule has 0 bridgehead atoms. The van der Waals surface area contributed by atoms with Crippen LogP contribution in [0.25, 0.3) is 0 Å². The first kappa shape index (κ1) is 16.9. The number of rotatable bonds is 7. The predicted molar refractivity (Wildman–Crippen MR) is 82.1 cm³/mol. The Bertz CT molecular complexity index is 251. The molecule has 4 N–H and O–H groups in total.